The van der Waals surface area contributed by atoms with Crippen molar-refractivity contribution in [2.45, 2.75) is 0 Å². The van der Waals surface area contributed by atoms with Crippen molar-refractivity contribution in [3.8, 4) is 6.07 Å². The smallest absolute Gasteiger partial charge is 0.329 e. The minimum Gasteiger partial charge on any atom is -0.480 e. The monoisotopic (exact) mass is 254 g/mol. The van der Waals surface area contributed by atoms with Crippen LogP contribution in [0.1, 0.15) is 5.56 Å². The van der Waals surface area contributed by atoms with Gasteiger partial charge in [0, 0.05) is 11.6 Å². The number of halogens is 1. The highest BCUT2D eigenvalue weighted by Crippen LogP contribution is 2.19. The number of hydrogen-bond donors (Lipinski definition) is 2. The van der Waals surface area contributed by atoms with Crippen molar-refractivity contribution in [2.24, 2.45) is 0 Å². The number of anilines is 1. The van der Waals surface area contributed by atoms with E-state index in [0.717, 1.165) is 0 Å². The molecular weight excluding hydrogens is 244 g/mol. The number of ether oxygens (including phenoxy) is 1. The van der Waals surface area contributed by atoms with Crippen LogP contribution in [-0.2, 0) is 9.53 Å². The third-order valence-electron chi connectivity index (χ3n) is 1.89. The molecule has 2 N–H and O–H groups in total. The summed E-state index contributed by atoms with van der Waals surface area (Å²) in [5.41, 5.74) is 1.09. The average molecular weight is 255 g/mol. The molecule has 0 aromatic heterocycles. The number of carbonyl (C=O) groups is 1. The topological polar surface area (TPSA) is 82.3 Å². The molecule has 0 atom stereocenters. The minimum absolute atomic E-state index is 0.240. The van der Waals surface area contributed by atoms with Crippen molar-refractivity contribution in [1.29, 1.82) is 5.26 Å². The number of hydrogen-bond acceptors (Lipinski definition) is 4. The molecule has 0 aliphatic carbocycles. The van der Waals surface area contributed by atoms with Crippen LogP contribution in [0.25, 0.3) is 0 Å². The molecule has 0 aliphatic rings. The first kappa shape index (κ1) is 13.3. The van der Waals surface area contributed by atoms with Gasteiger partial charge in [-0.25, -0.2) is 4.79 Å². The van der Waals surface area contributed by atoms with E-state index in [-0.39, 0.29) is 13.2 Å². The predicted molar refractivity (Wildman–Crippen MR) is 63.1 cm³/mol. The van der Waals surface area contributed by atoms with E-state index in [1.165, 1.54) is 0 Å². The van der Waals surface area contributed by atoms with Gasteiger partial charge in [-0.3, -0.25) is 0 Å². The predicted octanol–water partition coefficient (Wildman–Crippen LogP) is 1.72. The first-order valence-electron chi connectivity index (χ1n) is 4.86. The standard InChI is InChI=1S/C11H11ClN2O3/c12-9-2-1-8(6-13)10(5-9)14-3-4-17-7-11(15)16/h1-2,5,14H,3-4,7H2,(H,15,16). The second kappa shape index (κ2) is 6.74. The highest BCUT2D eigenvalue weighted by atomic mass is 35.5. The Morgan fingerprint density at radius 3 is 3.00 bits per heavy atom. The molecule has 0 aliphatic heterocycles. The Labute approximate surface area is 104 Å². The Balaban J connectivity index is 2.43. The molecule has 0 fully saturated rings. The lowest BCUT2D eigenvalue weighted by Crippen LogP contribution is -2.14. The summed E-state index contributed by atoms with van der Waals surface area (Å²) >= 11 is 5.80. The Morgan fingerprint density at radius 1 is 1.59 bits per heavy atom. The summed E-state index contributed by atoms with van der Waals surface area (Å²) in [5.74, 6) is -1.01. The average Bonchev–Trinajstić information content (AvgIpc) is 2.28. The molecule has 0 amide bonds. The van der Waals surface area contributed by atoms with Gasteiger partial charge in [-0.05, 0) is 18.2 Å². The SMILES string of the molecule is N#Cc1ccc(Cl)cc1NCCOCC(=O)O. The number of aliphatic carboxylic acids is 1. The van der Waals surface area contributed by atoms with Crippen LogP contribution in [0.3, 0.4) is 0 Å². The lowest BCUT2D eigenvalue weighted by molar-refractivity contribution is -0.142. The summed E-state index contributed by atoms with van der Waals surface area (Å²) in [6.45, 7) is 0.314. The van der Waals surface area contributed by atoms with Crippen molar-refractivity contribution >= 4 is 23.3 Å². The molecule has 0 saturated carbocycles. The molecule has 1 aromatic rings. The molecule has 90 valence electrons. The maximum atomic E-state index is 10.2. The van der Waals surface area contributed by atoms with Crippen LogP contribution in [0.5, 0.6) is 0 Å². The number of benzene rings is 1. The van der Waals surface area contributed by atoms with Gasteiger partial charge in [-0.15, -0.1) is 0 Å². The summed E-state index contributed by atoms with van der Waals surface area (Å²) in [4.78, 5) is 10.2. The van der Waals surface area contributed by atoms with Crippen molar-refractivity contribution < 1.29 is 14.6 Å². The van der Waals surface area contributed by atoms with E-state index in [4.69, 9.17) is 26.7 Å². The molecule has 5 nitrogen and oxygen atoms in total. The van der Waals surface area contributed by atoms with Crippen LogP contribution in [0, 0.1) is 11.3 Å². The largest absolute Gasteiger partial charge is 0.480 e. The van der Waals surface area contributed by atoms with Gasteiger partial charge in [0.15, 0.2) is 0 Å². The quantitative estimate of drug-likeness (QED) is 0.756. The second-order valence-corrected chi connectivity index (χ2v) is 3.61. The second-order valence-electron chi connectivity index (χ2n) is 3.17. The van der Waals surface area contributed by atoms with Crippen molar-refractivity contribution in [3.05, 3.63) is 28.8 Å². The molecule has 0 heterocycles. The Hall–Kier alpha value is -1.77. The van der Waals surface area contributed by atoms with E-state index in [0.29, 0.717) is 22.8 Å². The van der Waals surface area contributed by atoms with E-state index in [9.17, 15) is 4.79 Å². The van der Waals surface area contributed by atoms with Crippen LogP contribution in [-0.4, -0.2) is 30.8 Å². The van der Waals surface area contributed by atoms with Crippen LogP contribution < -0.4 is 5.32 Å². The number of nitrogens with zero attached hydrogens (tertiary/aromatic N) is 1. The van der Waals surface area contributed by atoms with Gasteiger partial charge < -0.3 is 15.2 Å². The van der Waals surface area contributed by atoms with E-state index < -0.39 is 5.97 Å². The fraction of sp³-hybridized carbons (Fsp3) is 0.273. The number of nitrogens with one attached hydrogen (secondary N) is 1. The van der Waals surface area contributed by atoms with E-state index in [1.807, 2.05) is 6.07 Å². The first-order chi connectivity index (χ1) is 8.13. The zero-order valence-electron chi connectivity index (χ0n) is 8.94. The fourth-order valence-electron chi connectivity index (χ4n) is 1.18. The molecular formula is C11H11ClN2O3. The van der Waals surface area contributed by atoms with Crippen molar-refractivity contribution in [1.82, 2.24) is 0 Å². The van der Waals surface area contributed by atoms with Gasteiger partial charge in [-0.2, -0.15) is 5.26 Å². The fourth-order valence-corrected chi connectivity index (χ4v) is 1.35. The minimum atomic E-state index is -1.01. The summed E-state index contributed by atoms with van der Waals surface area (Å²) in [7, 11) is 0. The van der Waals surface area contributed by atoms with E-state index in [1.54, 1.807) is 18.2 Å². The number of nitriles is 1. The van der Waals surface area contributed by atoms with Crippen LogP contribution >= 0.6 is 11.6 Å². The lowest BCUT2D eigenvalue weighted by atomic mass is 10.2. The Kier molecular flexibility index (Phi) is 5.27. The van der Waals surface area contributed by atoms with Crippen molar-refractivity contribution in [3.63, 3.8) is 0 Å². The molecule has 1 rings (SSSR count). The number of carboxylic acid groups (broad SMARTS) is 1. The summed E-state index contributed by atoms with van der Waals surface area (Å²) in [6, 6.07) is 6.91. The van der Waals surface area contributed by atoms with Gasteiger partial charge in [0.1, 0.15) is 12.7 Å². The molecule has 17 heavy (non-hydrogen) atoms. The highest BCUT2D eigenvalue weighted by molar-refractivity contribution is 6.30. The van der Waals surface area contributed by atoms with Gasteiger partial charge >= 0.3 is 5.97 Å². The number of rotatable bonds is 6. The summed E-state index contributed by atoms with van der Waals surface area (Å²) in [6.07, 6.45) is 0. The molecule has 0 unspecified atom stereocenters. The van der Waals surface area contributed by atoms with Crippen molar-refractivity contribution in [2.75, 3.05) is 25.1 Å². The van der Waals surface area contributed by atoms with Crippen LogP contribution in [0.2, 0.25) is 5.02 Å². The zero-order chi connectivity index (χ0) is 12.7. The Morgan fingerprint density at radius 2 is 2.35 bits per heavy atom. The zero-order valence-corrected chi connectivity index (χ0v) is 9.70. The first-order valence-corrected chi connectivity index (χ1v) is 5.24. The molecule has 1 aromatic carbocycles. The molecule has 0 radical (unpaired) electrons. The Bertz CT molecular complexity index is 443. The lowest BCUT2D eigenvalue weighted by Gasteiger charge is -2.08. The molecule has 0 bridgehead atoms. The number of carboxylic acids is 1. The highest BCUT2D eigenvalue weighted by Gasteiger charge is 2.02. The van der Waals surface area contributed by atoms with E-state index in [2.05, 4.69) is 5.32 Å². The van der Waals surface area contributed by atoms with Gasteiger partial charge in [0.05, 0.1) is 17.9 Å². The third kappa shape index (κ3) is 4.72. The summed E-state index contributed by atoms with van der Waals surface area (Å²) in [5, 5.41) is 20.7. The van der Waals surface area contributed by atoms with Crippen LogP contribution in [0.15, 0.2) is 18.2 Å². The van der Waals surface area contributed by atoms with Gasteiger partial charge in [0.2, 0.25) is 0 Å². The molecule has 0 spiro atoms. The van der Waals surface area contributed by atoms with E-state index >= 15 is 0 Å². The maximum absolute atomic E-state index is 10.2. The maximum Gasteiger partial charge on any atom is 0.329 e. The van der Waals surface area contributed by atoms with Gasteiger partial charge in [-0.1, -0.05) is 11.6 Å². The van der Waals surface area contributed by atoms with Crippen LogP contribution in [0.4, 0.5) is 5.69 Å². The molecule has 6 heteroatoms. The summed E-state index contributed by atoms with van der Waals surface area (Å²) < 4.78 is 4.84. The normalized spacial score (nSPS) is 9.65. The molecule has 0 saturated heterocycles. The van der Waals surface area contributed by atoms with Gasteiger partial charge in [0.25, 0.3) is 0 Å². The third-order valence-corrected chi connectivity index (χ3v) is 2.12.